The van der Waals surface area contributed by atoms with Crippen LogP contribution in [0.4, 0.5) is 0 Å². The van der Waals surface area contributed by atoms with Crippen molar-refractivity contribution in [2.75, 3.05) is 6.54 Å². The van der Waals surface area contributed by atoms with E-state index in [0.29, 0.717) is 18.8 Å². The second kappa shape index (κ2) is 4.92. The zero-order valence-electron chi connectivity index (χ0n) is 9.63. The Labute approximate surface area is 98.8 Å². The van der Waals surface area contributed by atoms with Crippen LogP contribution in [0.3, 0.4) is 0 Å². The van der Waals surface area contributed by atoms with Gasteiger partial charge < -0.3 is 11.1 Å². The molecule has 2 heterocycles. The third kappa shape index (κ3) is 2.42. The maximum Gasteiger partial charge on any atom is 0.221 e. The van der Waals surface area contributed by atoms with Gasteiger partial charge in [-0.1, -0.05) is 6.07 Å². The Kier molecular flexibility index (Phi) is 3.34. The van der Waals surface area contributed by atoms with Gasteiger partial charge in [0.2, 0.25) is 5.91 Å². The van der Waals surface area contributed by atoms with Crippen molar-refractivity contribution in [1.82, 2.24) is 19.9 Å². The maximum atomic E-state index is 11.4. The van der Waals surface area contributed by atoms with Crippen LogP contribution in [0.2, 0.25) is 0 Å². The van der Waals surface area contributed by atoms with Crippen molar-refractivity contribution in [3.05, 3.63) is 30.2 Å². The molecule has 0 radical (unpaired) electrons. The molecule has 3 N–H and O–H groups in total. The van der Waals surface area contributed by atoms with Gasteiger partial charge in [-0.2, -0.15) is 0 Å². The van der Waals surface area contributed by atoms with E-state index in [4.69, 9.17) is 5.73 Å². The first kappa shape index (κ1) is 11.5. The lowest BCUT2D eigenvalue weighted by Gasteiger charge is -2.11. The summed E-state index contributed by atoms with van der Waals surface area (Å²) < 4.78 is 1.85. The van der Waals surface area contributed by atoms with Crippen LogP contribution in [0, 0.1) is 0 Å². The molecule has 2 aromatic rings. The van der Waals surface area contributed by atoms with Crippen LogP contribution in [0.5, 0.6) is 0 Å². The number of aromatic nitrogens is 3. The number of hydrogen-bond acceptors (Lipinski definition) is 4. The van der Waals surface area contributed by atoms with Gasteiger partial charge in [-0.05, 0) is 19.1 Å². The third-order valence-corrected chi connectivity index (χ3v) is 2.48. The molecule has 0 aliphatic carbocycles. The summed E-state index contributed by atoms with van der Waals surface area (Å²) >= 11 is 0. The Morgan fingerprint density at radius 2 is 2.35 bits per heavy atom. The van der Waals surface area contributed by atoms with Crippen molar-refractivity contribution < 1.29 is 4.79 Å². The summed E-state index contributed by atoms with van der Waals surface area (Å²) in [5.74, 6) is 0.638. The summed E-state index contributed by atoms with van der Waals surface area (Å²) in [5.41, 5.74) is 6.09. The van der Waals surface area contributed by atoms with Gasteiger partial charge in [-0.3, -0.25) is 9.20 Å². The Morgan fingerprint density at radius 1 is 1.53 bits per heavy atom. The molecule has 0 aromatic carbocycles. The Bertz CT molecular complexity index is 521. The van der Waals surface area contributed by atoms with Crippen LogP contribution in [-0.4, -0.2) is 27.0 Å². The monoisotopic (exact) mass is 233 g/mol. The fraction of sp³-hybridized carbons (Fsp3) is 0.364. The molecule has 0 aliphatic rings. The van der Waals surface area contributed by atoms with Gasteiger partial charge in [0.15, 0.2) is 11.5 Å². The third-order valence-electron chi connectivity index (χ3n) is 2.48. The molecule has 1 atom stereocenters. The summed E-state index contributed by atoms with van der Waals surface area (Å²) in [6.45, 7) is 2.22. The summed E-state index contributed by atoms with van der Waals surface area (Å²) in [6, 6.07) is 5.47. The lowest BCUT2D eigenvalue weighted by molar-refractivity contribution is -0.121. The minimum absolute atomic E-state index is 0.0762. The zero-order valence-corrected chi connectivity index (χ0v) is 9.63. The van der Waals surface area contributed by atoms with E-state index in [1.807, 2.05) is 35.7 Å². The normalized spacial score (nSPS) is 12.6. The highest BCUT2D eigenvalue weighted by molar-refractivity contribution is 5.76. The smallest absolute Gasteiger partial charge is 0.221 e. The highest BCUT2D eigenvalue weighted by Crippen LogP contribution is 2.11. The molecule has 0 saturated heterocycles. The van der Waals surface area contributed by atoms with Gasteiger partial charge in [-0.25, -0.2) is 0 Å². The van der Waals surface area contributed by atoms with Crippen LogP contribution >= 0.6 is 0 Å². The molecular formula is C11H15N5O. The van der Waals surface area contributed by atoms with E-state index in [1.165, 1.54) is 0 Å². The van der Waals surface area contributed by atoms with Gasteiger partial charge in [-0.15, -0.1) is 10.2 Å². The standard InChI is InChI=1S/C11H15N5O/c1-8(13-10(17)5-6-12)11-15-14-9-4-2-3-7-16(9)11/h2-4,7-8H,5-6,12H2,1H3,(H,13,17). The second-order valence-electron chi connectivity index (χ2n) is 3.81. The van der Waals surface area contributed by atoms with Crippen LogP contribution < -0.4 is 11.1 Å². The van der Waals surface area contributed by atoms with Gasteiger partial charge in [0, 0.05) is 19.2 Å². The molecule has 90 valence electrons. The van der Waals surface area contributed by atoms with E-state index < -0.39 is 0 Å². The summed E-state index contributed by atoms with van der Waals surface area (Å²) in [6.07, 6.45) is 2.19. The summed E-state index contributed by atoms with van der Waals surface area (Å²) in [5, 5.41) is 10.9. The average Bonchev–Trinajstić information content (AvgIpc) is 2.72. The van der Waals surface area contributed by atoms with E-state index in [1.54, 1.807) is 0 Å². The van der Waals surface area contributed by atoms with Crippen LogP contribution in [0.1, 0.15) is 25.2 Å². The van der Waals surface area contributed by atoms with Gasteiger partial charge in [0.25, 0.3) is 0 Å². The predicted molar refractivity (Wildman–Crippen MR) is 63.2 cm³/mol. The number of fused-ring (bicyclic) bond motifs is 1. The number of rotatable bonds is 4. The molecule has 0 bridgehead atoms. The van der Waals surface area contributed by atoms with E-state index in [2.05, 4.69) is 15.5 Å². The highest BCUT2D eigenvalue weighted by Gasteiger charge is 2.14. The molecule has 6 heteroatoms. The number of carbonyl (C=O) groups is 1. The van der Waals surface area contributed by atoms with Crippen LogP contribution in [-0.2, 0) is 4.79 Å². The van der Waals surface area contributed by atoms with Crippen molar-refractivity contribution in [2.45, 2.75) is 19.4 Å². The molecule has 0 spiro atoms. The summed E-state index contributed by atoms with van der Waals surface area (Å²) in [4.78, 5) is 11.4. The first-order chi connectivity index (χ1) is 8.22. The van der Waals surface area contributed by atoms with Crippen molar-refractivity contribution in [2.24, 2.45) is 5.73 Å². The molecule has 0 fully saturated rings. The number of nitrogens with zero attached hydrogens (tertiary/aromatic N) is 3. The second-order valence-corrected chi connectivity index (χ2v) is 3.81. The molecular weight excluding hydrogens is 218 g/mol. The van der Waals surface area contributed by atoms with E-state index in [9.17, 15) is 4.79 Å². The minimum Gasteiger partial charge on any atom is -0.346 e. The number of amides is 1. The van der Waals surface area contributed by atoms with Crippen molar-refractivity contribution in [3.63, 3.8) is 0 Å². The Morgan fingerprint density at radius 3 is 3.12 bits per heavy atom. The molecule has 1 unspecified atom stereocenters. The zero-order chi connectivity index (χ0) is 12.3. The number of carbonyl (C=O) groups excluding carboxylic acids is 1. The molecule has 2 aromatic heterocycles. The SMILES string of the molecule is CC(NC(=O)CCN)c1nnc2ccccn12. The average molecular weight is 233 g/mol. The van der Waals surface area contributed by atoms with Gasteiger partial charge in [0.05, 0.1) is 6.04 Å². The first-order valence-electron chi connectivity index (χ1n) is 5.51. The Balaban J connectivity index is 2.19. The van der Waals surface area contributed by atoms with E-state index in [-0.39, 0.29) is 11.9 Å². The first-order valence-corrected chi connectivity index (χ1v) is 5.51. The highest BCUT2D eigenvalue weighted by atomic mass is 16.1. The van der Waals surface area contributed by atoms with E-state index >= 15 is 0 Å². The molecule has 6 nitrogen and oxygen atoms in total. The van der Waals surface area contributed by atoms with Gasteiger partial charge in [0.1, 0.15) is 0 Å². The molecule has 1 amide bonds. The van der Waals surface area contributed by atoms with Crippen LogP contribution in [0.15, 0.2) is 24.4 Å². The number of hydrogen-bond donors (Lipinski definition) is 2. The lowest BCUT2D eigenvalue weighted by Crippen LogP contribution is -2.29. The van der Waals surface area contributed by atoms with E-state index in [0.717, 1.165) is 5.65 Å². The van der Waals surface area contributed by atoms with Crippen molar-refractivity contribution in [1.29, 1.82) is 0 Å². The largest absolute Gasteiger partial charge is 0.346 e. The topological polar surface area (TPSA) is 85.3 Å². The minimum atomic E-state index is -0.188. The van der Waals surface area contributed by atoms with Gasteiger partial charge >= 0.3 is 0 Å². The predicted octanol–water partition coefficient (Wildman–Crippen LogP) is 0.255. The van der Waals surface area contributed by atoms with Crippen molar-refractivity contribution in [3.8, 4) is 0 Å². The molecule has 0 saturated carbocycles. The molecule has 17 heavy (non-hydrogen) atoms. The van der Waals surface area contributed by atoms with Crippen molar-refractivity contribution >= 4 is 11.6 Å². The number of pyridine rings is 1. The quantitative estimate of drug-likeness (QED) is 0.793. The lowest BCUT2D eigenvalue weighted by atomic mass is 10.3. The fourth-order valence-electron chi connectivity index (χ4n) is 1.66. The number of nitrogens with two attached hydrogens (primary N) is 1. The van der Waals surface area contributed by atoms with Crippen LogP contribution in [0.25, 0.3) is 5.65 Å². The Hall–Kier alpha value is -1.95. The summed E-state index contributed by atoms with van der Waals surface area (Å²) in [7, 11) is 0. The molecule has 0 aliphatic heterocycles. The fourth-order valence-corrected chi connectivity index (χ4v) is 1.66. The molecule has 2 rings (SSSR count). The number of nitrogens with one attached hydrogen (secondary N) is 1. The maximum absolute atomic E-state index is 11.4.